The van der Waals surface area contributed by atoms with E-state index < -0.39 is 9.84 Å². The van der Waals surface area contributed by atoms with Crippen molar-refractivity contribution >= 4 is 15.9 Å². The van der Waals surface area contributed by atoms with Crippen molar-refractivity contribution in [3.63, 3.8) is 0 Å². The molecule has 1 aromatic carbocycles. The third kappa shape index (κ3) is 6.61. The van der Waals surface area contributed by atoms with Crippen LogP contribution in [0.15, 0.2) is 35.2 Å². The van der Waals surface area contributed by atoms with Gasteiger partial charge in [0.15, 0.2) is 9.84 Å². The summed E-state index contributed by atoms with van der Waals surface area (Å²) in [7, 11) is -1.63. The molecule has 0 saturated carbocycles. The number of carbonyl (C=O) groups excluding carboxylic acids is 1. The van der Waals surface area contributed by atoms with Crippen molar-refractivity contribution in [1.29, 1.82) is 0 Å². The topological polar surface area (TPSA) is 60.9 Å². The summed E-state index contributed by atoms with van der Waals surface area (Å²) in [5.41, 5.74) is 0. The van der Waals surface area contributed by atoms with Crippen LogP contribution in [-0.4, -0.2) is 80.7 Å². The highest BCUT2D eigenvalue weighted by Gasteiger charge is 2.24. The van der Waals surface area contributed by atoms with Crippen LogP contribution < -0.4 is 0 Å². The Morgan fingerprint density at radius 3 is 2.08 bits per heavy atom. The second kappa shape index (κ2) is 10.5. The van der Waals surface area contributed by atoms with Crippen LogP contribution in [0.5, 0.6) is 0 Å². The summed E-state index contributed by atoms with van der Waals surface area (Å²) >= 11 is 0. The zero-order chi connectivity index (χ0) is 19.7. The van der Waals surface area contributed by atoms with Gasteiger partial charge in [-0.15, -0.1) is 0 Å². The number of amides is 2. The molecule has 0 radical (unpaired) electrons. The van der Waals surface area contributed by atoms with E-state index in [0.29, 0.717) is 11.4 Å². The Bertz CT molecular complexity index is 643. The summed E-state index contributed by atoms with van der Waals surface area (Å²) in [4.78, 5) is 18.6. The highest BCUT2D eigenvalue weighted by atomic mass is 32.2. The first-order chi connectivity index (χ1) is 12.2. The quantitative estimate of drug-likeness (QED) is 0.623. The third-order valence-corrected chi connectivity index (χ3v) is 6.26. The number of likely N-dealkylation sites (N-methyl/N-ethyl adjacent to an activating group) is 2. The number of hydrogen-bond acceptors (Lipinski definition) is 4. The molecule has 0 aromatic heterocycles. The van der Waals surface area contributed by atoms with Crippen molar-refractivity contribution in [2.75, 3.05) is 45.5 Å². The van der Waals surface area contributed by atoms with Gasteiger partial charge in [-0.05, 0) is 39.1 Å². The maximum absolute atomic E-state index is 12.8. The fraction of sp³-hybridized carbons (Fsp3) is 0.632. The van der Waals surface area contributed by atoms with Crippen molar-refractivity contribution in [1.82, 2.24) is 14.7 Å². The Morgan fingerprint density at radius 1 is 1.00 bits per heavy atom. The lowest BCUT2D eigenvalue weighted by Gasteiger charge is -2.32. The molecule has 1 aromatic rings. The molecule has 0 atom stereocenters. The minimum atomic E-state index is -3.40. The Hall–Kier alpha value is -1.60. The monoisotopic (exact) mass is 383 g/mol. The zero-order valence-electron chi connectivity index (χ0n) is 16.7. The molecule has 6 nitrogen and oxygen atoms in total. The maximum Gasteiger partial charge on any atom is 0.320 e. The van der Waals surface area contributed by atoms with E-state index in [4.69, 9.17) is 0 Å². The Kier molecular flexibility index (Phi) is 9.08. The van der Waals surface area contributed by atoms with Gasteiger partial charge in [0.2, 0.25) is 0 Å². The van der Waals surface area contributed by atoms with Gasteiger partial charge in [-0.25, -0.2) is 13.2 Å². The number of carbonyl (C=O) groups is 1. The first kappa shape index (κ1) is 22.4. The van der Waals surface area contributed by atoms with Crippen LogP contribution in [0.4, 0.5) is 4.79 Å². The molecule has 0 aliphatic rings. The van der Waals surface area contributed by atoms with Crippen molar-refractivity contribution in [2.45, 2.75) is 38.6 Å². The zero-order valence-corrected chi connectivity index (χ0v) is 17.5. The number of hydrogen-bond donors (Lipinski definition) is 0. The van der Waals surface area contributed by atoms with E-state index in [0.717, 1.165) is 19.6 Å². The molecule has 0 unspecified atom stereocenters. The van der Waals surface area contributed by atoms with Crippen molar-refractivity contribution in [3.05, 3.63) is 30.3 Å². The summed E-state index contributed by atoms with van der Waals surface area (Å²) in [6, 6.07) is 8.19. The molecule has 1 rings (SSSR count). The van der Waals surface area contributed by atoms with Crippen molar-refractivity contribution < 1.29 is 13.2 Å². The van der Waals surface area contributed by atoms with Gasteiger partial charge >= 0.3 is 6.03 Å². The highest BCUT2D eigenvalue weighted by molar-refractivity contribution is 7.91. The van der Waals surface area contributed by atoms with Crippen LogP contribution in [0.25, 0.3) is 0 Å². The minimum absolute atomic E-state index is 0.0654. The Morgan fingerprint density at radius 2 is 1.58 bits per heavy atom. The molecular formula is C19H33N3O3S. The van der Waals surface area contributed by atoms with Crippen molar-refractivity contribution in [3.8, 4) is 0 Å². The van der Waals surface area contributed by atoms with Crippen LogP contribution in [0, 0.1) is 0 Å². The average molecular weight is 384 g/mol. The molecule has 0 heterocycles. The van der Waals surface area contributed by atoms with Gasteiger partial charge in [0.05, 0.1) is 10.6 Å². The van der Waals surface area contributed by atoms with Crippen LogP contribution in [-0.2, 0) is 9.84 Å². The van der Waals surface area contributed by atoms with Crippen molar-refractivity contribution in [2.24, 2.45) is 0 Å². The molecule has 0 spiro atoms. The van der Waals surface area contributed by atoms with E-state index in [1.54, 1.807) is 47.2 Å². The lowest BCUT2D eigenvalue weighted by Crippen LogP contribution is -2.48. The van der Waals surface area contributed by atoms with E-state index >= 15 is 0 Å². The average Bonchev–Trinajstić information content (AvgIpc) is 2.62. The van der Waals surface area contributed by atoms with Crippen LogP contribution in [0.1, 0.15) is 27.7 Å². The second-order valence-electron chi connectivity index (χ2n) is 6.65. The van der Waals surface area contributed by atoms with Gasteiger partial charge in [0.1, 0.15) is 0 Å². The smallest absolute Gasteiger partial charge is 0.320 e. The predicted molar refractivity (Wildman–Crippen MR) is 106 cm³/mol. The molecule has 0 saturated heterocycles. The van der Waals surface area contributed by atoms with Gasteiger partial charge in [0.25, 0.3) is 0 Å². The van der Waals surface area contributed by atoms with E-state index in [2.05, 4.69) is 18.7 Å². The molecule has 26 heavy (non-hydrogen) atoms. The molecule has 2 amide bonds. The van der Waals surface area contributed by atoms with E-state index in [9.17, 15) is 13.2 Å². The summed E-state index contributed by atoms with van der Waals surface area (Å²) in [6.45, 7) is 11.5. The standard InChI is InChI=1S/C19H33N3O3S/c1-6-21(7-2)14-13-20(5)19(23)22(17(3)4)15-16-26(24,25)18-11-9-8-10-12-18/h8-12,17H,6-7,13-16H2,1-5H3. The first-order valence-corrected chi connectivity index (χ1v) is 10.9. The minimum Gasteiger partial charge on any atom is -0.326 e. The summed E-state index contributed by atoms with van der Waals surface area (Å²) in [5, 5.41) is 0. The molecule has 0 fully saturated rings. The highest BCUT2D eigenvalue weighted by Crippen LogP contribution is 2.12. The first-order valence-electron chi connectivity index (χ1n) is 9.24. The summed E-state index contributed by atoms with van der Waals surface area (Å²) in [6.07, 6.45) is 0. The number of benzene rings is 1. The van der Waals surface area contributed by atoms with Gasteiger partial charge in [-0.1, -0.05) is 32.0 Å². The van der Waals surface area contributed by atoms with Gasteiger partial charge in [-0.3, -0.25) is 0 Å². The molecule has 0 aliphatic heterocycles. The van der Waals surface area contributed by atoms with E-state index in [1.165, 1.54) is 0 Å². The molecule has 0 bridgehead atoms. The Balaban J connectivity index is 2.72. The fourth-order valence-electron chi connectivity index (χ4n) is 2.69. The number of nitrogens with zero attached hydrogens (tertiary/aromatic N) is 3. The SMILES string of the molecule is CCN(CC)CCN(C)C(=O)N(CCS(=O)(=O)c1ccccc1)C(C)C. The van der Waals surface area contributed by atoms with Crippen LogP contribution >= 0.6 is 0 Å². The Labute approximate surface area is 158 Å². The maximum atomic E-state index is 12.8. The largest absolute Gasteiger partial charge is 0.326 e. The van der Waals surface area contributed by atoms with Gasteiger partial charge < -0.3 is 14.7 Å². The fourth-order valence-corrected chi connectivity index (χ4v) is 3.93. The second-order valence-corrected chi connectivity index (χ2v) is 8.76. The van der Waals surface area contributed by atoms with E-state index in [1.807, 2.05) is 13.8 Å². The molecule has 0 N–H and O–H groups in total. The number of urea groups is 1. The predicted octanol–water partition coefficient (Wildman–Crippen LogP) is 2.56. The number of sulfone groups is 1. The molecular weight excluding hydrogens is 350 g/mol. The molecule has 148 valence electrons. The summed E-state index contributed by atoms with van der Waals surface area (Å²) in [5.74, 6) is -0.0786. The van der Waals surface area contributed by atoms with Gasteiger partial charge in [0, 0.05) is 32.7 Å². The van der Waals surface area contributed by atoms with Gasteiger partial charge in [-0.2, -0.15) is 0 Å². The van der Waals surface area contributed by atoms with Crippen LogP contribution in [0.2, 0.25) is 0 Å². The third-order valence-electron chi connectivity index (χ3n) is 4.54. The van der Waals surface area contributed by atoms with Crippen LogP contribution in [0.3, 0.4) is 0 Å². The lowest BCUT2D eigenvalue weighted by atomic mass is 10.3. The normalized spacial score (nSPS) is 11.8. The summed E-state index contributed by atoms with van der Waals surface area (Å²) < 4.78 is 25.0. The lowest BCUT2D eigenvalue weighted by molar-refractivity contribution is 0.146. The molecule has 0 aliphatic carbocycles. The molecule has 7 heteroatoms. The number of rotatable bonds is 10. The van der Waals surface area contributed by atoms with E-state index in [-0.39, 0.29) is 24.4 Å².